The van der Waals surface area contributed by atoms with Gasteiger partial charge < -0.3 is 14.6 Å². The summed E-state index contributed by atoms with van der Waals surface area (Å²) < 4.78 is 11.8. The van der Waals surface area contributed by atoms with Gasteiger partial charge in [0.15, 0.2) is 5.79 Å². The van der Waals surface area contributed by atoms with Crippen molar-refractivity contribution in [3.05, 3.63) is 0 Å². The predicted molar refractivity (Wildman–Crippen MR) is 54.4 cm³/mol. The van der Waals surface area contributed by atoms with Gasteiger partial charge in [0.25, 0.3) is 0 Å². The lowest BCUT2D eigenvalue weighted by molar-refractivity contribution is -0.165. The molecule has 3 rings (SSSR count). The normalized spacial score (nSPS) is 49.0. The minimum absolute atomic E-state index is 0.155. The second-order valence-corrected chi connectivity index (χ2v) is 5.38. The minimum Gasteiger partial charge on any atom is -0.393 e. The number of rotatable bonds is 0. The number of aliphatic hydroxyl groups is 1. The summed E-state index contributed by atoms with van der Waals surface area (Å²) in [5.41, 5.74) is 0. The summed E-state index contributed by atoms with van der Waals surface area (Å²) in [5.74, 6) is -0.441. The van der Waals surface area contributed by atoms with E-state index in [1.807, 2.05) is 13.8 Å². The van der Waals surface area contributed by atoms with Crippen LogP contribution in [0.25, 0.3) is 0 Å². The first kappa shape index (κ1) is 10.0. The van der Waals surface area contributed by atoms with Crippen LogP contribution in [0.3, 0.4) is 0 Å². The van der Waals surface area contributed by atoms with Gasteiger partial charge in [-0.15, -0.1) is 0 Å². The fourth-order valence-electron chi connectivity index (χ4n) is 3.16. The molecule has 0 aromatic carbocycles. The molecule has 0 aromatic rings. The van der Waals surface area contributed by atoms with E-state index in [1.165, 1.54) is 0 Å². The number of hydrogen-bond donors (Lipinski definition) is 1. The monoisotopic (exact) mass is 213 g/mol. The number of piperidine rings is 1. The largest absolute Gasteiger partial charge is 0.393 e. The fraction of sp³-hybridized carbons (Fsp3) is 1.00. The highest BCUT2D eigenvalue weighted by molar-refractivity contribution is 5.02. The first-order chi connectivity index (χ1) is 7.05. The Morgan fingerprint density at radius 2 is 2.13 bits per heavy atom. The number of fused-ring (bicyclic) bond motifs is 3. The van der Waals surface area contributed by atoms with Gasteiger partial charge in [0.2, 0.25) is 0 Å². The van der Waals surface area contributed by atoms with E-state index in [0.717, 1.165) is 25.9 Å². The van der Waals surface area contributed by atoms with Gasteiger partial charge >= 0.3 is 0 Å². The van der Waals surface area contributed by atoms with Crippen LogP contribution in [-0.4, -0.2) is 53.2 Å². The lowest BCUT2D eigenvalue weighted by atomic mass is 9.98. The van der Waals surface area contributed by atoms with Crippen molar-refractivity contribution in [1.29, 1.82) is 0 Å². The smallest absolute Gasteiger partial charge is 0.163 e. The van der Waals surface area contributed by atoms with E-state index in [1.54, 1.807) is 0 Å². The van der Waals surface area contributed by atoms with Crippen LogP contribution >= 0.6 is 0 Å². The first-order valence-electron chi connectivity index (χ1n) is 5.83. The molecule has 0 amide bonds. The summed E-state index contributed by atoms with van der Waals surface area (Å²) in [6.07, 6.45) is 1.93. The van der Waals surface area contributed by atoms with Crippen LogP contribution in [0.15, 0.2) is 0 Å². The topological polar surface area (TPSA) is 41.9 Å². The Bertz CT molecular complexity index is 269. The Kier molecular flexibility index (Phi) is 2.12. The zero-order chi connectivity index (χ0) is 10.6. The average molecular weight is 213 g/mol. The molecule has 4 nitrogen and oxygen atoms in total. The van der Waals surface area contributed by atoms with Crippen molar-refractivity contribution < 1.29 is 14.6 Å². The molecule has 0 unspecified atom stereocenters. The van der Waals surface area contributed by atoms with Crippen molar-refractivity contribution in [1.82, 2.24) is 4.90 Å². The summed E-state index contributed by atoms with van der Waals surface area (Å²) in [6, 6.07) is 0.362. The van der Waals surface area contributed by atoms with E-state index in [-0.39, 0.29) is 18.3 Å². The lowest BCUT2D eigenvalue weighted by Gasteiger charge is -2.35. The van der Waals surface area contributed by atoms with Gasteiger partial charge in [0.05, 0.1) is 6.10 Å². The number of aliphatic hydroxyl groups excluding tert-OH is 1. The van der Waals surface area contributed by atoms with Gasteiger partial charge in [-0.05, 0) is 26.7 Å². The highest BCUT2D eigenvalue weighted by atomic mass is 16.8. The van der Waals surface area contributed by atoms with Crippen molar-refractivity contribution in [3.8, 4) is 0 Å². The molecule has 3 heterocycles. The van der Waals surface area contributed by atoms with Gasteiger partial charge in [-0.1, -0.05) is 0 Å². The molecule has 0 saturated carbocycles. The first-order valence-corrected chi connectivity index (χ1v) is 5.83. The van der Waals surface area contributed by atoms with Crippen molar-refractivity contribution in [2.75, 3.05) is 13.1 Å². The van der Waals surface area contributed by atoms with Gasteiger partial charge in [0, 0.05) is 19.1 Å². The van der Waals surface area contributed by atoms with Crippen LogP contribution in [0.1, 0.15) is 26.7 Å². The Balaban J connectivity index is 1.77. The van der Waals surface area contributed by atoms with Gasteiger partial charge in [0.1, 0.15) is 12.2 Å². The average Bonchev–Trinajstić information content (AvgIpc) is 2.58. The van der Waals surface area contributed by atoms with Crippen molar-refractivity contribution in [3.63, 3.8) is 0 Å². The van der Waals surface area contributed by atoms with E-state index >= 15 is 0 Å². The van der Waals surface area contributed by atoms with Gasteiger partial charge in [-0.3, -0.25) is 4.90 Å². The fourth-order valence-corrected chi connectivity index (χ4v) is 3.16. The molecule has 3 fully saturated rings. The molecule has 4 atom stereocenters. The van der Waals surface area contributed by atoms with Crippen LogP contribution in [0.5, 0.6) is 0 Å². The number of hydrogen-bond acceptors (Lipinski definition) is 4. The molecule has 4 heteroatoms. The van der Waals surface area contributed by atoms with E-state index in [0.29, 0.717) is 6.04 Å². The standard InChI is InChI=1S/C11H19NO3/c1-11(2)14-9-6-12-4-3-7(13)5-8(12)10(9)15-11/h7-10,13H,3-6H2,1-2H3/t7-,8+,9+,10-/m0/s1. The molecule has 0 bridgehead atoms. The maximum absolute atomic E-state index is 9.68. The minimum atomic E-state index is -0.441. The van der Waals surface area contributed by atoms with Crippen LogP contribution in [0.2, 0.25) is 0 Å². The molecular formula is C11H19NO3. The Morgan fingerprint density at radius 3 is 2.93 bits per heavy atom. The molecule has 0 aliphatic carbocycles. The molecule has 3 aliphatic rings. The second-order valence-electron chi connectivity index (χ2n) is 5.38. The third-order valence-corrected chi connectivity index (χ3v) is 3.75. The van der Waals surface area contributed by atoms with E-state index in [2.05, 4.69) is 4.90 Å². The highest BCUT2D eigenvalue weighted by Gasteiger charge is 2.53. The van der Waals surface area contributed by atoms with Crippen molar-refractivity contribution in [2.45, 2.75) is 56.8 Å². The molecule has 1 N–H and O–H groups in total. The molecule has 0 aromatic heterocycles. The summed E-state index contributed by atoms with van der Waals surface area (Å²) in [4.78, 5) is 2.40. The maximum atomic E-state index is 9.68. The highest BCUT2D eigenvalue weighted by Crippen LogP contribution is 2.39. The van der Waals surface area contributed by atoms with Gasteiger partial charge in [-0.25, -0.2) is 0 Å². The molecule has 3 aliphatic heterocycles. The molecule has 86 valence electrons. The SMILES string of the molecule is CC1(C)O[C@H]2[C@H]3C[C@@H](O)CCN3C[C@H]2O1. The summed E-state index contributed by atoms with van der Waals surface area (Å²) in [5, 5.41) is 9.68. The van der Waals surface area contributed by atoms with E-state index in [9.17, 15) is 5.11 Å². The maximum Gasteiger partial charge on any atom is 0.163 e. The Labute approximate surface area is 90.2 Å². The van der Waals surface area contributed by atoms with Crippen molar-refractivity contribution in [2.24, 2.45) is 0 Å². The zero-order valence-corrected chi connectivity index (χ0v) is 9.35. The van der Waals surface area contributed by atoms with E-state index in [4.69, 9.17) is 9.47 Å². The molecule has 0 radical (unpaired) electrons. The second kappa shape index (κ2) is 3.17. The Morgan fingerprint density at radius 1 is 1.33 bits per heavy atom. The summed E-state index contributed by atoms with van der Waals surface area (Å²) in [7, 11) is 0. The number of ether oxygens (including phenoxy) is 2. The van der Waals surface area contributed by atoms with Gasteiger partial charge in [-0.2, -0.15) is 0 Å². The van der Waals surface area contributed by atoms with Crippen molar-refractivity contribution >= 4 is 0 Å². The molecule has 15 heavy (non-hydrogen) atoms. The third-order valence-electron chi connectivity index (χ3n) is 3.75. The zero-order valence-electron chi connectivity index (χ0n) is 9.35. The summed E-state index contributed by atoms with van der Waals surface area (Å²) in [6.45, 7) is 5.88. The lowest BCUT2D eigenvalue weighted by Crippen LogP contribution is -2.45. The van der Waals surface area contributed by atoms with E-state index < -0.39 is 5.79 Å². The quantitative estimate of drug-likeness (QED) is 0.630. The molecular weight excluding hydrogens is 194 g/mol. The van der Waals surface area contributed by atoms with Crippen LogP contribution in [-0.2, 0) is 9.47 Å². The predicted octanol–water partition coefficient (Wildman–Crippen LogP) is 0.345. The molecule has 0 spiro atoms. The Hall–Kier alpha value is -0.160. The van der Waals surface area contributed by atoms with Crippen LogP contribution in [0.4, 0.5) is 0 Å². The molecule has 3 saturated heterocycles. The number of nitrogens with zero attached hydrogens (tertiary/aromatic N) is 1. The summed E-state index contributed by atoms with van der Waals surface area (Å²) >= 11 is 0. The van der Waals surface area contributed by atoms with Crippen LogP contribution < -0.4 is 0 Å². The van der Waals surface area contributed by atoms with Crippen LogP contribution in [0, 0.1) is 0 Å². The third kappa shape index (κ3) is 1.60.